The second-order valence-electron chi connectivity index (χ2n) is 6.48. The van der Waals surface area contributed by atoms with Crippen LogP contribution in [0.25, 0.3) is 10.9 Å². The number of aromatic nitrogens is 2. The Kier molecular flexibility index (Phi) is 5.77. The van der Waals surface area contributed by atoms with Crippen LogP contribution in [0.15, 0.2) is 73.1 Å². The van der Waals surface area contributed by atoms with Gasteiger partial charge >= 0.3 is 0 Å². The third-order valence-corrected chi connectivity index (χ3v) is 4.55. The van der Waals surface area contributed by atoms with Crippen LogP contribution < -0.4 is 14.2 Å². The summed E-state index contributed by atoms with van der Waals surface area (Å²) in [5.41, 5.74) is 3.47. The lowest BCUT2D eigenvalue weighted by atomic mass is 10.1. The first kappa shape index (κ1) is 19.3. The number of para-hydroxylation sites is 1. The Morgan fingerprint density at radius 3 is 2.50 bits per heavy atom. The van der Waals surface area contributed by atoms with Crippen LogP contribution in [0, 0.1) is 11.8 Å². The topological polar surface area (TPSA) is 53.5 Å². The highest BCUT2D eigenvalue weighted by molar-refractivity contribution is 5.84. The molecule has 1 aromatic heterocycles. The van der Waals surface area contributed by atoms with Gasteiger partial charge in [-0.15, -0.1) is 0 Å². The molecule has 0 saturated carbocycles. The second kappa shape index (κ2) is 8.97. The Labute approximate surface area is 175 Å². The molecule has 0 fully saturated rings. The maximum atomic E-state index is 5.97. The normalized spacial score (nSPS) is 10.2. The molecule has 0 aliphatic carbocycles. The van der Waals surface area contributed by atoms with Gasteiger partial charge in [0.1, 0.15) is 12.9 Å². The van der Waals surface area contributed by atoms with E-state index in [2.05, 4.69) is 21.8 Å². The van der Waals surface area contributed by atoms with Crippen LogP contribution in [0.5, 0.6) is 17.4 Å². The maximum absolute atomic E-state index is 5.97. The molecule has 4 rings (SSSR count). The van der Waals surface area contributed by atoms with E-state index in [0.717, 1.165) is 27.6 Å². The molecular formula is C25H20N2O3. The molecule has 0 atom stereocenters. The van der Waals surface area contributed by atoms with E-state index in [1.807, 2.05) is 66.7 Å². The summed E-state index contributed by atoms with van der Waals surface area (Å²) >= 11 is 0. The zero-order valence-electron chi connectivity index (χ0n) is 16.8. The number of ether oxygens (including phenoxy) is 3. The minimum absolute atomic E-state index is 0.457. The van der Waals surface area contributed by atoms with Gasteiger partial charge in [0.05, 0.1) is 30.7 Å². The fourth-order valence-corrected chi connectivity index (χ4v) is 3.09. The Morgan fingerprint density at radius 2 is 1.70 bits per heavy atom. The number of methoxy groups -OCH3 is 2. The van der Waals surface area contributed by atoms with Crippen molar-refractivity contribution >= 4 is 10.9 Å². The highest BCUT2D eigenvalue weighted by Gasteiger charge is 2.09. The van der Waals surface area contributed by atoms with Crippen molar-refractivity contribution < 1.29 is 14.2 Å². The smallest absolute Gasteiger partial charge is 0.224 e. The molecule has 30 heavy (non-hydrogen) atoms. The Morgan fingerprint density at radius 1 is 0.833 bits per heavy atom. The van der Waals surface area contributed by atoms with Gasteiger partial charge in [-0.2, -0.15) is 0 Å². The molecule has 0 aliphatic heterocycles. The average molecular weight is 396 g/mol. The van der Waals surface area contributed by atoms with E-state index in [4.69, 9.17) is 14.2 Å². The third-order valence-electron chi connectivity index (χ3n) is 4.55. The molecule has 0 radical (unpaired) electrons. The Hall–Kier alpha value is -4.04. The molecule has 0 saturated heterocycles. The molecule has 0 amide bonds. The van der Waals surface area contributed by atoms with Crippen LogP contribution in [0.2, 0.25) is 0 Å². The summed E-state index contributed by atoms with van der Waals surface area (Å²) in [5, 5.41) is 0.818. The highest BCUT2D eigenvalue weighted by atomic mass is 16.5. The third kappa shape index (κ3) is 4.18. The predicted molar refractivity (Wildman–Crippen MR) is 116 cm³/mol. The fraction of sp³-hybridized carbons (Fsp3) is 0.120. The monoisotopic (exact) mass is 396 g/mol. The number of hydrogen-bond acceptors (Lipinski definition) is 5. The van der Waals surface area contributed by atoms with E-state index in [0.29, 0.717) is 24.0 Å². The fourth-order valence-electron chi connectivity index (χ4n) is 3.09. The number of nitrogens with zero attached hydrogens (tertiary/aromatic N) is 2. The quantitative estimate of drug-likeness (QED) is 0.461. The Balaban J connectivity index is 1.62. The van der Waals surface area contributed by atoms with Crippen molar-refractivity contribution in [3.05, 3.63) is 89.7 Å². The largest absolute Gasteiger partial charge is 0.492 e. The lowest BCUT2D eigenvalue weighted by Crippen LogP contribution is -1.98. The summed E-state index contributed by atoms with van der Waals surface area (Å²) in [6, 6.07) is 21.4. The van der Waals surface area contributed by atoms with Crippen molar-refractivity contribution in [2.24, 2.45) is 0 Å². The lowest BCUT2D eigenvalue weighted by molar-refractivity contribution is 0.284. The van der Waals surface area contributed by atoms with Crippen molar-refractivity contribution in [1.82, 2.24) is 9.97 Å². The van der Waals surface area contributed by atoms with E-state index in [9.17, 15) is 0 Å². The molecule has 0 aliphatic rings. The van der Waals surface area contributed by atoms with Crippen molar-refractivity contribution in [3.8, 4) is 29.2 Å². The molecule has 0 bridgehead atoms. The van der Waals surface area contributed by atoms with Gasteiger partial charge in [-0.25, -0.2) is 9.97 Å². The maximum Gasteiger partial charge on any atom is 0.224 e. The van der Waals surface area contributed by atoms with Gasteiger partial charge in [0.2, 0.25) is 5.88 Å². The second-order valence-corrected chi connectivity index (χ2v) is 6.48. The molecule has 0 unspecified atom stereocenters. The number of rotatable bonds is 5. The summed E-state index contributed by atoms with van der Waals surface area (Å²) < 4.78 is 16.9. The van der Waals surface area contributed by atoms with Crippen LogP contribution in [0.3, 0.4) is 0 Å². The minimum atomic E-state index is 0.457. The predicted octanol–water partition coefficient (Wildman–Crippen LogP) is 4.63. The van der Waals surface area contributed by atoms with E-state index in [1.165, 1.54) is 6.33 Å². The molecule has 1 heterocycles. The van der Waals surface area contributed by atoms with Crippen molar-refractivity contribution in [2.75, 3.05) is 14.2 Å². The summed E-state index contributed by atoms with van der Waals surface area (Å²) in [4.78, 5) is 8.41. The van der Waals surface area contributed by atoms with Crippen LogP contribution in [0.1, 0.15) is 16.7 Å². The first-order valence-corrected chi connectivity index (χ1v) is 9.43. The zero-order valence-corrected chi connectivity index (χ0v) is 16.8. The number of hydrogen-bond donors (Lipinski definition) is 0. The van der Waals surface area contributed by atoms with Gasteiger partial charge in [-0.1, -0.05) is 48.2 Å². The van der Waals surface area contributed by atoms with Crippen molar-refractivity contribution in [3.63, 3.8) is 0 Å². The molecule has 5 nitrogen and oxygen atoms in total. The minimum Gasteiger partial charge on any atom is -0.492 e. The molecule has 0 spiro atoms. The SMILES string of the molecule is COc1c(C#Cc2ccc3ncnc(OC)c3c2)cccc1OCc1ccccc1. The first-order chi connectivity index (χ1) is 14.8. The summed E-state index contributed by atoms with van der Waals surface area (Å²) in [7, 11) is 3.21. The summed E-state index contributed by atoms with van der Waals surface area (Å²) in [6.07, 6.45) is 1.48. The molecule has 5 heteroatoms. The van der Waals surface area contributed by atoms with Gasteiger partial charge in [0, 0.05) is 5.56 Å². The van der Waals surface area contributed by atoms with Crippen molar-refractivity contribution in [2.45, 2.75) is 6.61 Å². The first-order valence-electron chi connectivity index (χ1n) is 9.43. The summed E-state index contributed by atoms with van der Waals surface area (Å²) in [6.45, 7) is 0.457. The van der Waals surface area contributed by atoms with Crippen LogP contribution in [-0.4, -0.2) is 24.2 Å². The van der Waals surface area contributed by atoms with Gasteiger partial charge in [0.25, 0.3) is 0 Å². The highest BCUT2D eigenvalue weighted by Crippen LogP contribution is 2.31. The van der Waals surface area contributed by atoms with Crippen LogP contribution >= 0.6 is 0 Å². The molecule has 148 valence electrons. The molecule has 4 aromatic rings. The average Bonchev–Trinajstić information content (AvgIpc) is 2.81. The van der Waals surface area contributed by atoms with E-state index in [1.54, 1.807) is 14.2 Å². The molecular weight excluding hydrogens is 376 g/mol. The van der Waals surface area contributed by atoms with E-state index < -0.39 is 0 Å². The standard InChI is InChI=1S/C25H20N2O3/c1-28-24-20(9-6-10-23(24)30-16-19-7-4-3-5-8-19)13-11-18-12-14-22-21(15-18)25(29-2)27-17-26-22/h3-10,12,14-15,17H,16H2,1-2H3. The summed E-state index contributed by atoms with van der Waals surface area (Å²) in [5.74, 6) is 8.16. The van der Waals surface area contributed by atoms with Gasteiger partial charge in [0.15, 0.2) is 11.5 Å². The van der Waals surface area contributed by atoms with E-state index >= 15 is 0 Å². The van der Waals surface area contributed by atoms with E-state index in [-0.39, 0.29) is 0 Å². The number of benzene rings is 3. The van der Waals surface area contributed by atoms with Gasteiger partial charge < -0.3 is 14.2 Å². The van der Waals surface area contributed by atoms with Crippen LogP contribution in [0.4, 0.5) is 0 Å². The zero-order chi connectivity index (χ0) is 20.8. The molecule has 3 aromatic carbocycles. The van der Waals surface area contributed by atoms with Gasteiger partial charge in [-0.05, 0) is 35.9 Å². The molecule has 0 N–H and O–H groups in total. The van der Waals surface area contributed by atoms with Crippen molar-refractivity contribution in [1.29, 1.82) is 0 Å². The van der Waals surface area contributed by atoms with Gasteiger partial charge in [-0.3, -0.25) is 0 Å². The van der Waals surface area contributed by atoms with Crippen LogP contribution in [-0.2, 0) is 6.61 Å². The lowest BCUT2D eigenvalue weighted by Gasteiger charge is -2.12. The Bertz CT molecular complexity index is 1230. The number of fused-ring (bicyclic) bond motifs is 1.